The molecule has 2 heterocycles. The van der Waals surface area contributed by atoms with Crippen LogP contribution in [0.1, 0.15) is 30.9 Å². The number of rotatable bonds is 3. The molecule has 1 atom stereocenters. The fourth-order valence-corrected chi connectivity index (χ4v) is 4.11. The molecule has 0 aliphatic carbocycles. The number of halogens is 2. The van der Waals surface area contributed by atoms with Crippen molar-refractivity contribution >= 4 is 6.08 Å². The quantitative estimate of drug-likeness (QED) is 0.774. The average Bonchev–Trinajstić information content (AvgIpc) is 2.75. The first-order chi connectivity index (χ1) is 14.9. The van der Waals surface area contributed by atoms with Crippen molar-refractivity contribution in [2.75, 3.05) is 13.1 Å². The summed E-state index contributed by atoms with van der Waals surface area (Å²) in [6.07, 6.45) is 1.74. The molecule has 0 unspecified atom stereocenters. The van der Waals surface area contributed by atoms with Crippen molar-refractivity contribution in [2.45, 2.75) is 25.8 Å². The minimum absolute atomic E-state index is 0.0491. The number of hydrogen-bond acceptors (Lipinski definition) is 4. The molecule has 0 aromatic heterocycles. The summed E-state index contributed by atoms with van der Waals surface area (Å²) in [5, 5.41) is 9.80. The Morgan fingerprint density at radius 3 is 2.42 bits per heavy atom. The second-order valence-electron chi connectivity index (χ2n) is 7.99. The zero-order chi connectivity index (χ0) is 22.1. The van der Waals surface area contributed by atoms with E-state index in [1.54, 1.807) is 42.5 Å². The third-order valence-corrected chi connectivity index (χ3v) is 5.75. The lowest BCUT2D eigenvalue weighted by molar-refractivity contribution is 0.207. The van der Waals surface area contributed by atoms with Crippen LogP contribution >= 0.6 is 0 Å². The number of ether oxygens (including phenoxy) is 1. The van der Waals surface area contributed by atoms with Crippen LogP contribution in [0.2, 0.25) is 0 Å². The molecular formula is C25H23F2N3O. The van der Waals surface area contributed by atoms with Crippen LogP contribution in [0, 0.1) is 23.0 Å². The van der Waals surface area contributed by atoms with Crippen LogP contribution in [0.15, 0.2) is 76.9 Å². The van der Waals surface area contributed by atoms with Gasteiger partial charge in [0.15, 0.2) is 0 Å². The Bertz CT molecular complexity index is 1160. The van der Waals surface area contributed by atoms with E-state index in [4.69, 9.17) is 10.5 Å². The zero-order valence-electron chi connectivity index (χ0n) is 17.4. The maximum atomic E-state index is 14.8. The van der Waals surface area contributed by atoms with Gasteiger partial charge in [0.2, 0.25) is 5.88 Å². The van der Waals surface area contributed by atoms with Gasteiger partial charge in [-0.2, -0.15) is 5.26 Å². The minimum atomic E-state index is -0.666. The van der Waals surface area contributed by atoms with Crippen LogP contribution in [-0.4, -0.2) is 24.0 Å². The van der Waals surface area contributed by atoms with Gasteiger partial charge in [-0.25, -0.2) is 8.78 Å². The summed E-state index contributed by atoms with van der Waals surface area (Å²) in [6.45, 7) is 5.12. The summed E-state index contributed by atoms with van der Waals surface area (Å²) in [6, 6.07) is 15.1. The van der Waals surface area contributed by atoms with Crippen molar-refractivity contribution in [1.82, 2.24) is 4.90 Å². The van der Waals surface area contributed by atoms with Crippen LogP contribution in [0.5, 0.6) is 0 Å². The lowest BCUT2D eigenvalue weighted by atomic mass is 9.79. The van der Waals surface area contributed by atoms with Crippen molar-refractivity contribution in [3.63, 3.8) is 0 Å². The van der Waals surface area contributed by atoms with Gasteiger partial charge in [0.05, 0.1) is 5.92 Å². The molecule has 0 bridgehead atoms. The van der Waals surface area contributed by atoms with Gasteiger partial charge in [0.1, 0.15) is 29.0 Å². The van der Waals surface area contributed by atoms with Gasteiger partial charge in [0, 0.05) is 35.8 Å². The third-order valence-electron chi connectivity index (χ3n) is 5.75. The van der Waals surface area contributed by atoms with Crippen LogP contribution in [-0.2, 0) is 4.74 Å². The van der Waals surface area contributed by atoms with Gasteiger partial charge in [-0.3, -0.25) is 4.90 Å². The van der Waals surface area contributed by atoms with Gasteiger partial charge >= 0.3 is 0 Å². The molecule has 0 amide bonds. The molecule has 6 heteroatoms. The van der Waals surface area contributed by atoms with Crippen LogP contribution in [0.25, 0.3) is 6.08 Å². The highest BCUT2D eigenvalue weighted by Crippen LogP contribution is 2.44. The van der Waals surface area contributed by atoms with E-state index >= 15 is 0 Å². The van der Waals surface area contributed by atoms with Crippen molar-refractivity contribution in [3.05, 3.63) is 99.7 Å². The minimum Gasteiger partial charge on any atom is -0.440 e. The van der Waals surface area contributed by atoms with E-state index in [2.05, 4.69) is 24.8 Å². The van der Waals surface area contributed by atoms with E-state index in [-0.39, 0.29) is 23.3 Å². The Kier molecular flexibility index (Phi) is 5.62. The molecule has 0 saturated heterocycles. The predicted octanol–water partition coefficient (Wildman–Crippen LogP) is 4.83. The highest BCUT2D eigenvalue weighted by molar-refractivity contribution is 5.63. The molecule has 0 radical (unpaired) electrons. The summed E-state index contributed by atoms with van der Waals surface area (Å²) in [5.74, 6) is -0.984. The molecule has 0 fully saturated rings. The highest BCUT2D eigenvalue weighted by Gasteiger charge is 2.39. The van der Waals surface area contributed by atoms with Gasteiger partial charge in [-0.15, -0.1) is 0 Å². The fourth-order valence-electron chi connectivity index (χ4n) is 4.11. The van der Waals surface area contributed by atoms with Crippen molar-refractivity contribution in [1.29, 1.82) is 5.26 Å². The topological polar surface area (TPSA) is 62.3 Å². The summed E-state index contributed by atoms with van der Waals surface area (Å²) in [5.41, 5.74) is 8.58. The number of benzene rings is 2. The molecule has 2 N–H and O–H groups in total. The fraction of sp³-hybridized carbons (Fsp3) is 0.240. The molecule has 4 rings (SSSR count). The Hall–Kier alpha value is -3.43. The standard InChI is InChI=1S/C25H23F2N3O/c1-15(2)30-13-17(11-16-7-3-5-9-21(16)26)24-20(14-30)23(19(12-28)25(29)31-24)18-8-4-6-10-22(18)27/h3-11,15,23H,13-14,29H2,1-2H3/t23-/m1/s1. The number of nitriles is 1. The average molecular weight is 419 g/mol. The predicted molar refractivity (Wildman–Crippen MR) is 115 cm³/mol. The SMILES string of the molecule is CC(C)N1CC(=Cc2ccccc2F)C2=C(C1)[C@H](c1ccccc1F)C(C#N)=C(N)O2. The van der Waals surface area contributed by atoms with E-state index in [0.29, 0.717) is 30.0 Å². The first-order valence-corrected chi connectivity index (χ1v) is 10.1. The van der Waals surface area contributed by atoms with E-state index in [1.165, 1.54) is 12.1 Å². The first kappa shape index (κ1) is 20.8. The first-order valence-electron chi connectivity index (χ1n) is 10.1. The van der Waals surface area contributed by atoms with Gasteiger partial charge in [-0.1, -0.05) is 36.4 Å². The Morgan fingerprint density at radius 1 is 1.10 bits per heavy atom. The number of allylic oxidation sites excluding steroid dienone is 1. The second kappa shape index (κ2) is 8.37. The smallest absolute Gasteiger partial charge is 0.205 e. The van der Waals surface area contributed by atoms with Crippen molar-refractivity contribution in [2.24, 2.45) is 5.73 Å². The normalized spacial score (nSPS) is 20.6. The van der Waals surface area contributed by atoms with E-state index < -0.39 is 11.7 Å². The Morgan fingerprint density at radius 2 is 1.77 bits per heavy atom. The molecular weight excluding hydrogens is 396 g/mol. The van der Waals surface area contributed by atoms with Crippen molar-refractivity contribution < 1.29 is 13.5 Å². The van der Waals surface area contributed by atoms with Gasteiger partial charge < -0.3 is 10.5 Å². The van der Waals surface area contributed by atoms with E-state index in [1.807, 2.05) is 0 Å². The van der Waals surface area contributed by atoms with E-state index in [9.17, 15) is 14.0 Å². The molecule has 2 aromatic carbocycles. The van der Waals surface area contributed by atoms with Crippen LogP contribution < -0.4 is 5.73 Å². The molecule has 31 heavy (non-hydrogen) atoms. The summed E-state index contributed by atoms with van der Waals surface area (Å²) < 4.78 is 35.1. The molecule has 2 aromatic rings. The second-order valence-corrected chi connectivity index (χ2v) is 7.99. The number of nitrogens with zero attached hydrogens (tertiary/aromatic N) is 2. The van der Waals surface area contributed by atoms with Crippen LogP contribution in [0.3, 0.4) is 0 Å². The molecule has 158 valence electrons. The van der Waals surface area contributed by atoms with Gasteiger partial charge in [-0.05, 0) is 37.6 Å². The monoisotopic (exact) mass is 419 g/mol. The summed E-state index contributed by atoms with van der Waals surface area (Å²) in [4.78, 5) is 2.18. The number of hydrogen-bond donors (Lipinski definition) is 1. The summed E-state index contributed by atoms with van der Waals surface area (Å²) >= 11 is 0. The lowest BCUT2D eigenvalue weighted by Crippen LogP contribution is -2.41. The van der Waals surface area contributed by atoms with Crippen LogP contribution in [0.4, 0.5) is 8.78 Å². The third kappa shape index (κ3) is 3.85. The molecule has 4 nitrogen and oxygen atoms in total. The highest BCUT2D eigenvalue weighted by atomic mass is 19.1. The molecule has 2 aliphatic heterocycles. The molecule has 0 saturated carbocycles. The number of nitrogens with two attached hydrogens (primary N) is 1. The molecule has 0 spiro atoms. The summed E-state index contributed by atoms with van der Waals surface area (Å²) in [7, 11) is 0. The maximum Gasteiger partial charge on any atom is 0.205 e. The zero-order valence-corrected chi connectivity index (χ0v) is 17.4. The van der Waals surface area contributed by atoms with E-state index in [0.717, 1.165) is 11.1 Å². The van der Waals surface area contributed by atoms with Crippen molar-refractivity contribution in [3.8, 4) is 6.07 Å². The molecule has 2 aliphatic rings. The Labute approximate surface area is 180 Å². The van der Waals surface area contributed by atoms with Gasteiger partial charge in [0.25, 0.3) is 0 Å². The Balaban J connectivity index is 1.93. The lowest BCUT2D eigenvalue weighted by Gasteiger charge is -2.40. The largest absolute Gasteiger partial charge is 0.440 e. The maximum absolute atomic E-state index is 14.8.